The van der Waals surface area contributed by atoms with Crippen molar-refractivity contribution in [3.8, 4) is 0 Å². The summed E-state index contributed by atoms with van der Waals surface area (Å²) in [6, 6.07) is 0. The van der Waals surface area contributed by atoms with Crippen LogP contribution >= 0.6 is 0 Å². The number of alkyl halides is 5. The van der Waals surface area contributed by atoms with E-state index in [0.29, 0.717) is 32.1 Å². The highest BCUT2D eigenvalue weighted by Gasteiger charge is 2.59. The van der Waals surface area contributed by atoms with E-state index < -0.39 is 47.6 Å². The molecule has 2 atom stereocenters. The molecular formula is C24H39F5O4. The Bertz CT molecular complexity index is 681. The number of esters is 2. The second-order valence-electron chi connectivity index (χ2n) is 10.7. The summed E-state index contributed by atoms with van der Waals surface area (Å²) in [6.07, 6.45) is -2.41. The van der Waals surface area contributed by atoms with Gasteiger partial charge in [0.15, 0.2) is 6.61 Å². The van der Waals surface area contributed by atoms with Crippen molar-refractivity contribution in [3.63, 3.8) is 0 Å². The van der Waals surface area contributed by atoms with Gasteiger partial charge in [-0.15, -0.1) is 0 Å². The van der Waals surface area contributed by atoms with Gasteiger partial charge < -0.3 is 9.47 Å². The lowest BCUT2D eigenvalue weighted by Gasteiger charge is -2.42. The van der Waals surface area contributed by atoms with E-state index in [-0.39, 0.29) is 17.8 Å². The van der Waals surface area contributed by atoms with Crippen molar-refractivity contribution in [2.45, 2.75) is 111 Å². The highest BCUT2D eigenvalue weighted by atomic mass is 19.4. The fourth-order valence-corrected chi connectivity index (χ4v) is 4.53. The molecule has 0 radical (unpaired) electrons. The summed E-state index contributed by atoms with van der Waals surface area (Å²) in [7, 11) is 0. The van der Waals surface area contributed by atoms with Gasteiger partial charge in [0.05, 0.1) is 11.3 Å². The van der Waals surface area contributed by atoms with Gasteiger partial charge in [0.2, 0.25) is 0 Å². The molecule has 1 aliphatic rings. The SMILES string of the molecule is CCC(C(=O)OCC(F)(F)C(F)(F)F)C1(OC(=O)C(C)(CC(C)(C)CC)C(C)C)CCCC1. The standard InChI is InChI=1S/C24H39F5O4/c1-8-17(18(30)32-15-23(25,26)24(27,28)29)22(12-10-11-13-22)33-19(31)21(7,16(3)4)14-20(5,6)9-2/h16-17H,8-15H2,1-7H3. The number of hydrogen-bond donors (Lipinski definition) is 0. The Morgan fingerprint density at radius 2 is 1.48 bits per heavy atom. The minimum atomic E-state index is -5.82. The molecule has 0 aromatic heterocycles. The minimum absolute atomic E-state index is 0.0771. The number of carbonyl (C=O) groups is 2. The van der Waals surface area contributed by atoms with E-state index in [1.807, 2.05) is 27.7 Å². The van der Waals surface area contributed by atoms with Crippen LogP contribution in [0.4, 0.5) is 22.0 Å². The predicted octanol–water partition coefficient (Wildman–Crippen LogP) is 7.10. The zero-order chi connectivity index (χ0) is 25.9. The predicted molar refractivity (Wildman–Crippen MR) is 115 cm³/mol. The first-order valence-electron chi connectivity index (χ1n) is 11.7. The molecule has 33 heavy (non-hydrogen) atoms. The summed E-state index contributed by atoms with van der Waals surface area (Å²) < 4.78 is 74.5. The fourth-order valence-electron chi connectivity index (χ4n) is 4.53. The smallest absolute Gasteiger partial charge is 0.456 e. The average molecular weight is 487 g/mol. The van der Waals surface area contributed by atoms with Crippen LogP contribution in [0.1, 0.15) is 93.4 Å². The van der Waals surface area contributed by atoms with Gasteiger partial charge in [0.1, 0.15) is 5.60 Å². The number of carbonyl (C=O) groups excluding carboxylic acids is 2. The van der Waals surface area contributed by atoms with Crippen LogP contribution in [0.25, 0.3) is 0 Å². The molecule has 1 saturated carbocycles. The van der Waals surface area contributed by atoms with Gasteiger partial charge >= 0.3 is 24.0 Å². The van der Waals surface area contributed by atoms with Gasteiger partial charge in [0, 0.05) is 0 Å². The van der Waals surface area contributed by atoms with E-state index in [9.17, 15) is 31.5 Å². The van der Waals surface area contributed by atoms with E-state index in [2.05, 4.69) is 18.6 Å². The number of ether oxygens (including phenoxy) is 2. The maximum atomic E-state index is 13.5. The molecule has 0 aliphatic heterocycles. The van der Waals surface area contributed by atoms with Gasteiger partial charge in [-0.25, -0.2) is 0 Å². The molecule has 0 N–H and O–H groups in total. The second kappa shape index (κ2) is 10.5. The van der Waals surface area contributed by atoms with Crippen LogP contribution in [0.15, 0.2) is 0 Å². The molecule has 0 aromatic rings. The third kappa shape index (κ3) is 6.81. The van der Waals surface area contributed by atoms with Crippen molar-refractivity contribution in [3.05, 3.63) is 0 Å². The van der Waals surface area contributed by atoms with E-state index >= 15 is 0 Å². The summed E-state index contributed by atoms with van der Waals surface area (Å²) in [4.78, 5) is 26.2. The van der Waals surface area contributed by atoms with Crippen LogP contribution in [0.3, 0.4) is 0 Å². The third-order valence-electron chi connectivity index (χ3n) is 7.43. The van der Waals surface area contributed by atoms with Gasteiger partial charge in [-0.05, 0) is 56.8 Å². The Hall–Kier alpha value is -1.41. The summed E-state index contributed by atoms with van der Waals surface area (Å²) in [5.41, 5.74) is -2.28. The van der Waals surface area contributed by atoms with Crippen molar-refractivity contribution >= 4 is 11.9 Å². The lowest BCUT2D eigenvalue weighted by molar-refractivity contribution is -0.295. The topological polar surface area (TPSA) is 52.6 Å². The third-order valence-corrected chi connectivity index (χ3v) is 7.43. The zero-order valence-corrected chi connectivity index (χ0v) is 20.8. The van der Waals surface area contributed by atoms with Crippen LogP contribution in [-0.4, -0.2) is 36.2 Å². The van der Waals surface area contributed by atoms with E-state index in [1.165, 1.54) is 0 Å². The van der Waals surface area contributed by atoms with Crippen LogP contribution in [0, 0.1) is 22.7 Å². The van der Waals surface area contributed by atoms with Gasteiger partial charge in [-0.3, -0.25) is 9.59 Å². The largest absolute Gasteiger partial charge is 0.459 e. The van der Waals surface area contributed by atoms with Crippen molar-refractivity contribution < 1.29 is 41.0 Å². The fraction of sp³-hybridized carbons (Fsp3) is 0.917. The van der Waals surface area contributed by atoms with Crippen molar-refractivity contribution in [1.82, 2.24) is 0 Å². The molecule has 194 valence electrons. The molecule has 1 fully saturated rings. The Morgan fingerprint density at radius 3 is 1.88 bits per heavy atom. The Kier molecular flexibility index (Phi) is 9.39. The van der Waals surface area contributed by atoms with Gasteiger partial charge in [-0.1, -0.05) is 48.0 Å². The first-order chi connectivity index (χ1) is 14.9. The number of hydrogen-bond acceptors (Lipinski definition) is 4. The molecule has 1 aliphatic carbocycles. The minimum Gasteiger partial charge on any atom is -0.459 e. The Balaban J connectivity index is 3.16. The average Bonchev–Trinajstić information content (AvgIpc) is 3.14. The monoisotopic (exact) mass is 486 g/mol. The normalized spacial score (nSPS) is 19.8. The quantitative estimate of drug-likeness (QED) is 0.231. The molecule has 0 bridgehead atoms. The van der Waals surface area contributed by atoms with Crippen molar-refractivity contribution in [2.75, 3.05) is 6.61 Å². The van der Waals surface area contributed by atoms with Gasteiger partial charge in [-0.2, -0.15) is 22.0 Å². The molecule has 0 amide bonds. The van der Waals surface area contributed by atoms with E-state index in [4.69, 9.17) is 4.74 Å². The zero-order valence-electron chi connectivity index (χ0n) is 20.8. The Morgan fingerprint density at radius 1 is 0.970 bits per heavy atom. The lowest BCUT2D eigenvalue weighted by atomic mass is 9.67. The maximum absolute atomic E-state index is 13.5. The first kappa shape index (κ1) is 29.6. The summed E-state index contributed by atoms with van der Waals surface area (Å²) >= 11 is 0. The summed E-state index contributed by atoms with van der Waals surface area (Å²) in [6.45, 7) is 11.3. The molecular weight excluding hydrogens is 447 g/mol. The molecule has 4 nitrogen and oxygen atoms in total. The highest BCUT2D eigenvalue weighted by Crippen LogP contribution is 2.47. The van der Waals surface area contributed by atoms with Crippen molar-refractivity contribution in [2.24, 2.45) is 22.7 Å². The lowest BCUT2D eigenvalue weighted by Crippen LogP contribution is -2.50. The highest BCUT2D eigenvalue weighted by molar-refractivity contribution is 5.79. The van der Waals surface area contributed by atoms with E-state index in [1.54, 1.807) is 6.92 Å². The molecule has 0 saturated heterocycles. The molecule has 2 unspecified atom stereocenters. The summed E-state index contributed by atoms with van der Waals surface area (Å²) in [5, 5.41) is 0. The van der Waals surface area contributed by atoms with Crippen molar-refractivity contribution in [1.29, 1.82) is 0 Å². The van der Waals surface area contributed by atoms with Crippen LogP contribution < -0.4 is 0 Å². The molecule has 0 aromatic carbocycles. The van der Waals surface area contributed by atoms with E-state index in [0.717, 1.165) is 6.42 Å². The molecule has 9 heteroatoms. The molecule has 1 rings (SSSR count). The Labute approximate surface area is 194 Å². The number of rotatable bonds is 11. The second-order valence-corrected chi connectivity index (χ2v) is 10.7. The summed E-state index contributed by atoms with van der Waals surface area (Å²) in [5.74, 6) is -8.03. The molecule has 0 heterocycles. The number of halogens is 5. The maximum Gasteiger partial charge on any atom is 0.456 e. The molecule has 0 spiro atoms. The van der Waals surface area contributed by atoms with Gasteiger partial charge in [0.25, 0.3) is 0 Å². The van der Waals surface area contributed by atoms with Crippen LogP contribution in [0.2, 0.25) is 0 Å². The van der Waals surface area contributed by atoms with Crippen LogP contribution in [0.5, 0.6) is 0 Å². The van der Waals surface area contributed by atoms with Crippen LogP contribution in [-0.2, 0) is 19.1 Å². The first-order valence-corrected chi connectivity index (χ1v) is 11.7.